The molecular weight excluding hydrogens is 280 g/mol. The van der Waals surface area contributed by atoms with Crippen LogP contribution < -0.4 is 4.90 Å². The predicted molar refractivity (Wildman–Crippen MR) is 81.6 cm³/mol. The molecule has 4 heterocycles. The number of nitrogens with zero attached hydrogens (tertiary/aromatic N) is 4. The van der Waals surface area contributed by atoms with Crippen LogP contribution in [0.25, 0.3) is 0 Å². The molecular formula is C16H20N4O2. The highest BCUT2D eigenvalue weighted by Gasteiger charge is 2.40. The summed E-state index contributed by atoms with van der Waals surface area (Å²) in [5.41, 5.74) is 2.15. The van der Waals surface area contributed by atoms with Crippen LogP contribution in [0, 0.1) is 6.92 Å². The molecule has 0 unspecified atom stereocenters. The number of hydrogen-bond donors (Lipinski definition) is 0. The third kappa shape index (κ3) is 2.60. The van der Waals surface area contributed by atoms with Crippen molar-refractivity contribution >= 4 is 5.82 Å². The zero-order valence-corrected chi connectivity index (χ0v) is 12.7. The summed E-state index contributed by atoms with van der Waals surface area (Å²) in [5.74, 6) is 0.953. The molecule has 2 aliphatic rings. The van der Waals surface area contributed by atoms with Crippen LogP contribution in [0.4, 0.5) is 5.82 Å². The Hall–Kier alpha value is -1.92. The van der Waals surface area contributed by atoms with Crippen LogP contribution in [-0.4, -0.2) is 53.5 Å². The van der Waals surface area contributed by atoms with Crippen molar-refractivity contribution in [2.24, 2.45) is 0 Å². The van der Waals surface area contributed by atoms with E-state index in [9.17, 15) is 0 Å². The van der Waals surface area contributed by atoms with E-state index in [1.807, 2.05) is 25.3 Å². The van der Waals surface area contributed by atoms with Crippen molar-refractivity contribution in [2.75, 3.05) is 31.1 Å². The number of likely N-dealkylation sites (tertiary alicyclic amines) is 1. The molecule has 0 bridgehead atoms. The molecule has 0 amide bonds. The molecule has 2 aliphatic heterocycles. The minimum atomic E-state index is 0.240. The van der Waals surface area contributed by atoms with Crippen molar-refractivity contribution in [3.05, 3.63) is 42.0 Å². The van der Waals surface area contributed by atoms with E-state index in [0.29, 0.717) is 6.04 Å². The summed E-state index contributed by atoms with van der Waals surface area (Å²) in [7, 11) is 0. The average molecular weight is 300 g/mol. The Balaban J connectivity index is 1.50. The first kappa shape index (κ1) is 13.7. The van der Waals surface area contributed by atoms with E-state index >= 15 is 0 Å². The maximum atomic E-state index is 5.97. The largest absolute Gasteiger partial charge is 0.472 e. The van der Waals surface area contributed by atoms with Crippen LogP contribution in [0.5, 0.6) is 0 Å². The third-order valence-electron chi connectivity index (χ3n) is 4.44. The van der Waals surface area contributed by atoms with Crippen LogP contribution in [0.2, 0.25) is 0 Å². The molecule has 2 fully saturated rings. The van der Waals surface area contributed by atoms with Gasteiger partial charge in [-0.2, -0.15) is 5.10 Å². The minimum Gasteiger partial charge on any atom is -0.472 e. The van der Waals surface area contributed by atoms with E-state index in [2.05, 4.69) is 26.1 Å². The Morgan fingerprint density at radius 2 is 2.18 bits per heavy atom. The Morgan fingerprint density at radius 3 is 2.95 bits per heavy atom. The zero-order chi connectivity index (χ0) is 14.9. The molecule has 0 aromatic carbocycles. The van der Waals surface area contributed by atoms with E-state index in [1.165, 1.54) is 5.56 Å². The molecule has 22 heavy (non-hydrogen) atoms. The fraction of sp³-hybridized carbons (Fsp3) is 0.500. The van der Waals surface area contributed by atoms with Crippen molar-refractivity contribution < 1.29 is 9.15 Å². The lowest BCUT2D eigenvalue weighted by atomic mass is 10.1. The van der Waals surface area contributed by atoms with Crippen molar-refractivity contribution in [1.29, 1.82) is 0 Å². The van der Waals surface area contributed by atoms with E-state index in [-0.39, 0.29) is 6.10 Å². The quantitative estimate of drug-likeness (QED) is 0.855. The molecule has 6 heteroatoms. The number of aryl methyl sites for hydroxylation is 1. The minimum absolute atomic E-state index is 0.240. The van der Waals surface area contributed by atoms with Gasteiger partial charge in [0, 0.05) is 31.7 Å². The number of hydrogen-bond acceptors (Lipinski definition) is 6. The number of fused-ring (bicyclic) bond motifs is 1. The van der Waals surface area contributed by atoms with Gasteiger partial charge in [-0.15, -0.1) is 5.10 Å². The van der Waals surface area contributed by atoms with Crippen molar-refractivity contribution in [3.8, 4) is 0 Å². The molecule has 4 rings (SSSR count). The Morgan fingerprint density at radius 1 is 1.23 bits per heavy atom. The molecule has 0 aliphatic carbocycles. The van der Waals surface area contributed by atoms with Gasteiger partial charge in [0.15, 0.2) is 5.82 Å². The summed E-state index contributed by atoms with van der Waals surface area (Å²) in [5, 5.41) is 8.54. The first-order valence-electron chi connectivity index (χ1n) is 7.71. The molecule has 0 saturated carbocycles. The zero-order valence-electron chi connectivity index (χ0n) is 12.7. The molecule has 2 aromatic rings. The Bertz CT molecular complexity index is 614. The fourth-order valence-corrected chi connectivity index (χ4v) is 3.36. The summed E-state index contributed by atoms with van der Waals surface area (Å²) < 4.78 is 11.1. The Kier molecular flexibility index (Phi) is 3.56. The maximum Gasteiger partial charge on any atom is 0.151 e. The molecule has 0 radical (unpaired) electrons. The predicted octanol–water partition coefficient (Wildman–Crippen LogP) is 1.47. The number of aromatic nitrogens is 2. The van der Waals surface area contributed by atoms with Gasteiger partial charge in [-0.3, -0.25) is 4.90 Å². The second-order valence-corrected chi connectivity index (χ2v) is 6.03. The fourth-order valence-electron chi connectivity index (χ4n) is 3.36. The summed E-state index contributed by atoms with van der Waals surface area (Å²) in [6.45, 7) is 6.41. The summed E-state index contributed by atoms with van der Waals surface area (Å²) in [6, 6.07) is 6.44. The number of anilines is 1. The van der Waals surface area contributed by atoms with Crippen molar-refractivity contribution in [3.63, 3.8) is 0 Å². The normalized spacial score (nSPS) is 25.4. The van der Waals surface area contributed by atoms with Crippen LogP contribution in [0.3, 0.4) is 0 Å². The molecule has 0 spiro atoms. The highest BCUT2D eigenvalue weighted by atomic mass is 16.5. The highest BCUT2D eigenvalue weighted by molar-refractivity contribution is 5.40. The lowest BCUT2D eigenvalue weighted by Gasteiger charge is -2.37. The van der Waals surface area contributed by atoms with Gasteiger partial charge in [-0.1, -0.05) is 0 Å². The number of ether oxygens (including phenoxy) is 1. The first-order chi connectivity index (χ1) is 10.8. The van der Waals surface area contributed by atoms with E-state index in [1.54, 1.807) is 6.26 Å². The lowest BCUT2D eigenvalue weighted by molar-refractivity contribution is 0.0303. The van der Waals surface area contributed by atoms with E-state index < -0.39 is 0 Å². The molecule has 116 valence electrons. The molecule has 2 aromatic heterocycles. The SMILES string of the molecule is Cc1ccc(N2CCO[C@@H]3CN(Cc4ccoc4)C[C@@H]32)nn1. The van der Waals surface area contributed by atoms with Crippen LogP contribution in [0.1, 0.15) is 11.3 Å². The second-order valence-electron chi connectivity index (χ2n) is 6.03. The monoisotopic (exact) mass is 300 g/mol. The van der Waals surface area contributed by atoms with Crippen molar-refractivity contribution in [1.82, 2.24) is 15.1 Å². The van der Waals surface area contributed by atoms with Gasteiger partial charge in [0.25, 0.3) is 0 Å². The number of rotatable bonds is 3. The van der Waals surface area contributed by atoms with Gasteiger partial charge < -0.3 is 14.1 Å². The van der Waals surface area contributed by atoms with Crippen LogP contribution in [-0.2, 0) is 11.3 Å². The number of furan rings is 1. The summed E-state index contributed by atoms with van der Waals surface area (Å²) in [6.07, 6.45) is 3.78. The van der Waals surface area contributed by atoms with Gasteiger partial charge in [0.2, 0.25) is 0 Å². The van der Waals surface area contributed by atoms with Gasteiger partial charge in [0.1, 0.15) is 0 Å². The summed E-state index contributed by atoms with van der Waals surface area (Å²) in [4.78, 5) is 4.76. The smallest absolute Gasteiger partial charge is 0.151 e. The van der Waals surface area contributed by atoms with Gasteiger partial charge >= 0.3 is 0 Å². The highest BCUT2D eigenvalue weighted by Crippen LogP contribution is 2.27. The van der Waals surface area contributed by atoms with Gasteiger partial charge in [-0.05, 0) is 25.1 Å². The van der Waals surface area contributed by atoms with Crippen molar-refractivity contribution in [2.45, 2.75) is 25.6 Å². The molecule has 0 N–H and O–H groups in total. The lowest BCUT2D eigenvalue weighted by Crippen LogP contribution is -2.51. The maximum absolute atomic E-state index is 5.97. The molecule has 2 saturated heterocycles. The average Bonchev–Trinajstić information content (AvgIpc) is 3.17. The second kappa shape index (κ2) is 5.70. The van der Waals surface area contributed by atoms with Gasteiger partial charge in [0.05, 0.1) is 37.0 Å². The standard InChI is InChI=1S/C16H20N4O2/c1-12-2-3-16(18-17-12)20-5-7-22-15-10-19(9-14(15)20)8-13-4-6-21-11-13/h2-4,6,11,14-15H,5,7-10H2,1H3/t14-,15+/m0/s1. The van der Waals surface area contributed by atoms with Crippen LogP contribution in [0.15, 0.2) is 35.1 Å². The Labute approximate surface area is 129 Å². The summed E-state index contributed by atoms with van der Waals surface area (Å²) >= 11 is 0. The van der Waals surface area contributed by atoms with Gasteiger partial charge in [-0.25, -0.2) is 0 Å². The molecule has 6 nitrogen and oxygen atoms in total. The topological polar surface area (TPSA) is 54.6 Å². The van der Waals surface area contributed by atoms with E-state index in [4.69, 9.17) is 9.15 Å². The van der Waals surface area contributed by atoms with Crippen LogP contribution >= 0.6 is 0 Å². The third-order valence-corrected chi connectivity index (χ3v) is 4.44. The first-order valence-corrected chi connectivity index (χ1v) is 7.71. The number of morpholine rings is 1. The molecule has 2 atom stereocenters. The van der Waals surface area contributed by atoms with E-state index in [0.717, 1.165) is 44.3 Å².